The van der Waals surface area contributed by atoms with Gasteiger partial charge in [-0.2, -0.15) is 0 Å². The molecule has 0 aromatic carbocycles. The van der Waals surface area contributed by atoms with Crippen LogP contribution in [0.2, 0.25) is 0 Å². The average molecular weight is 925 g/mol. The summed E-state index contributed by atoms with van der Waals surface area (Å²) < 4.78 is 38.1. The number of nitrogens with one attached hydrogen (secondary N) is 2. The maximum absolute atomic E-state index is 12.7. The first kappa shape index (κ1) is 52.7. The van der Waals surface area contributed by atoms with Crippen molar-refractivity contribution in [2.75, 3.05) is 26.4 Å². The molecular formula is C34H56N2O27. The number of amides is 2. The molecule has 29 heteroatoms. The summed E-state index contributed by atoms with van der Waals surface area (Å²) in [5.41, 5.74) is 0. The predicted octanol–water partition coefficient (Wildman–Crippen LogP) is -11.0. The highest BCUT2D eigenvalue weighted by atomic mass is 16.8. The van der Waals surface area contributed by atoms with E-state index in [1.807, 2.05) is 0 Å². The van der Waals surface area contributed by atoms with Crippen molar-refractivity contribution in [3.8, 4) is 0 Å². The van der Waals surface area contributed by atoms with E-state index in [9.17, 15) is 101 Å². The Morgan fingerprint density at radius 3 is 1.46 bits per heavy atom. The number of carboxylic acid groups (broad SMARTS) is 2. The molecule has 0 unspecified atom stereocenters. The largest absolute Gasteiger partial charge is 0.477 e. The molecular weight excluding hydrogens is 868 g/mol. The number of hydrogen-bond acceptors (Lipinski definition) is 25. The fourth-order valence-corrected chi connectivity index (χ4v) is 7.51. The van der Waals surface area contributed by atoms with Gasteiger partial charge in [0.05, 0.1) is 50.7 Å². The Morgan fingerprint density at radius 2 is 1.05 bits per heavy atom. The summed E-state index contributed by atoms with van der Waals surface area (Å²) >= 11 is 0. The molecule has 0 aromatic heterocycles. The van der Waals surface area contributed by atoms with Gasteiger partial charge >= 0.3 is 11.9 Å². The zero-order valence-corrected chi connectivity index (χ0v) is 33.4. The lowest BCUT2D eigenvalue weighted by atomic mass is 9.88. The second-order valence-electron chi connectivity index (χ2n) is 15.5. The van der Waals surface area contributed by atoms with Crippen molar-refractivity contribution in [3.63, 3.8) is 0 Å². The first-order chi connectivity index (χ1) is 29.3. The van der Waals surface area contributed by atoms with Crippen molar-refractivity contribution in [3.05, 3.63) is 0 Å². The van der Waals surface area contributed by atoms with Crippen LogP contribution in [0.1, 0.15) is 26.7 Å². The second-order valence-corrected chi connectivity index (χ2v) is 15.5. The number of aliphatic hydroxyl groups is 14. The first-order valence-corrected chi connectivity index (χ1v) is 19.3. The number of ether oxygens (including phenoxy) is 7. The Balaban J connectivity index is 1.57. The monoisotopic (exact) mass is 924 g/mol. The standard InChI is InChI=1S/C34H56N2O27/c1-9(39)35-17-11(41)3-33(31(53)54,62-27(17)19(44)13(43)5-37)58-8-16-21(46)24(49)26(51)30(61-16)60-14(6-38)22(47)28-18(36-10(2)40)12(42)4-34(63-28,32(55)56)57-7-15-20(45)23(48)25(50)29(52)59-15/h11-30,37-38,41-52H,3-8H2,1-2H3,(H,35,39)(H,36,40)(H,53,54)(H,55,56)/t11-,12-,13+,14+,15+,16+,17+,18+,19+,20+,21+,22+,23-,24-,25+,26+,27+,28+,29+,30+,33+,34+/m0/s1. The second kappa shape index (κ2) is 21.6. The topological polar surface area (TPSA) is 481 Å². The lowest BCUT2D eigenvalue weighted by Crippen LogP contribution is -2.69. The van der Waals surface area contributed by atoms with Crippen LogP contribution >= 0.6 is 0 Å². The van der Waals surface area contributed by atoms with Crippen molar-refractivity contribution in [1.82, 2.24) is 10.6 Å². The van der Waals surface area contributed by atoms with Gasteiger partial charge in [-0.25, -0.2) is 9.59 Å². The Morgan fingerprint density at radius 1 is 0.619 bits per heavy atom. The van der Waals surface area contributed by atoms with Crippen LogP contribution in [0, 0.1) is 0 Å². The summed E-state index contributed by atoms with van der Waals surface area (Å²) in [6.07, 6.45) is -39.1. The summed E-state index contributed by atoms with van der Waals surface area (Å²) in [4.78, 5) is 49.3. The summed E-state index contributed by atoms with van der Waals surface area (Å²) in [6.45, 7) is -2.53. The van der Waals surface area contributed by atoms with Crippen LogP contribution in [-0.2, 0) is 52.3 Å². The molecule has 0 radical (unpaired) electrons. The van der Waals surface area contributed by atoms with Gasteiger partial charge in [-0.3, -0.25) is 9.59 Å². The SMILES string of the molecule is CC(=O)N[C@H]1[C@H]([C@H](O)[C@H](O)CO)O[C@@](OC[C@H]2O[C@@H](O[C@H](CO)[C@@H](O)[C@@H]3O[C@@](OC[C@H]4O[C@@H](O)[C@H](O)[C@@H](O)[C@@H]4O)(C(=O)O)C[C@H](O)[C@H]3NC(C)=O)[C@H](O)[C@@H](O)[C@@H]2O)(C(=O)O)C[C@@H]1O. The molecule has 4 saturated heterocycles. The highest BCUT2D eigenvalue weighted by molar-refractivity contribution is 5.77. The molecule has 2 amide bonds. The van der Waals surface area contributed by atoms with Gasteiger partial charge in [0.15, 0.2) is 12.6 Å². The number of aliphatic carboxylic acids is 2. The maximum Gasteiger partial charge on any atom is 0.364 e. The molecule has 364 valence electrons. The highest BCUT2D eigenvalue weighted by Gasteiger charge is 2.59. The van der Waals surface area contributed by atoms with Crippen molar-refractivity contribution >= 4 is 23.8 Å². The van der Waals surface area contributed by atoms with E-state index in [2.05, 4.69) is 10.6 Å². The molecule has 63 heavy (non-hydrogen) atoms. The fourth-order valence-electron chi connectivity index (χ4n) is 7.51. The zero-order valence-electron chi connectivity index (χ0n) is 33.4. The van der Waals surface area contributed by atoms with Crippen molar-refractivity contribution in [1.29, 1.82) is 0 Å². The lowest BCUT2D eigenvalue weighted by molar-refractivity contribution is -0.354. The molecule has 29 nitrogen and oxygen atoms in total. The van der Waals surface area contributed by atoms with Gasteiger partial charge in [0.1, 0.15) is 85.5 Å². The van der Waals surface area contributed by atoms with E-state index in [4.69, 9.17) is 33.2 Å². The van der Waals surface area contributed by atoms with Crippen molar-refractivity contribution < 1.29 is 134 Å². The van der Waals surface area contributed by atoms with Crippen LogP contribution in [0.3, 0.4) is 0 Å². The van der Waals surface area contributed by atoms with Crippen LogP contribution in [-0.4, -0.2) is 266 Å². The minimum Gasteiger partial charge on any atom is -0.477 e. The van der Waals surface area contributed by atoms with Crippen LogP contribution in [0.4, 0.5) is 0 Å². The molecule has 0 spiro atoms. The van der Waals surface area contributed by atoms with Gasteiger partial charge in [0.25, 0.3) is 11.6 Å². The third kappa shape index (κ3) is 11.5. The molecule has 4 fully saturated rings. The molecule has 0 saturated carbocycles. The van der Waals surface area contributed by atoms with E-state index in [-0.39, 0.29) is 0 Å². The molecule has 18 N–H and O–H groups in total. The number of hydrogen-bond donors (Lipinski definition) is 18. The normalized spacial score (nSPS) is 42.9. The van der Waals surface area contributed by atoms with Gasteiger partial charge in [-0.1, -0.05) is 0 Å². The molecule has 4 heterocycles. The van der Waals surface area contributed by atoms with Crippen LogP contribution < -0.4 is 10.6 Å². The minimum absolute atomic E-state index is 0.784. The maximum atomic E-state index is 12.7. The summed E-state index contributed by atoms with van der Waals surface area (Å²) in [6, 6.07) is -3.30. The molecule has 4 rings (SSSR count). The number of carboxylic acids is 2. The van der Waals surface area contributed by atoms with E-state index in [0.717, 1.165) is 13.8 Å². The van der Waals surface area contributed by atoms with Gasteiger partial charge in [0.2, 0.25) is 11.8 Å². The van der Waals surface area contributed by atoms with E-state index in [0.29, 0.717) is 0 Å². The minimum atomic E-state index is -3.00. The van der Waals surface area contributed by atoms with Gasteiger partial charge in [-0.05, 0) is 0 Å². The van der Waals surface area contributed by atoms with Crippen LogP contribution in [0.25, 0.3) is 0 Å². The fraction of sp³-hybridized carbons (Fsp3) is 0.882. The zero-order chi connectivity index (χ0) is 47.5. The Labute approximate surface area is 355 Å². The third-order valence-corrected chi connectivity index (χ3v) is 11.0. The number of carbonyl (C=O) groups excluding carboxylic acids is 2. The highest BCUT2D eigenvalue weighted by Crippen LogP contribution is 2.37. The molecule has 4 aliphatic heterocycles. The van der Waals surface area contributed by atoms with Crippen LogP contribution in [0.15, 0.2) is 0 Å². The quantitative estimate of drug-likeness (QED) is 0.0607. The smallest absolute Gasteiger partial charge is 0.364 e. The van der Waals surface area contributed by atoms with Crippen molar-refractivity contribution in [2.45, 2.75) is 161 Å². The number of rotatable bonds is 18. The van der Waals surface area contributed by atoms with E-state index in [1.54, 1.807) is 0 Å². The summed E-state index contributed by atoms with van der Waals surface area (Å²) in [5.74, 6) is -11.6. The van der Waals surface area contributed by atoms with Gasteiger partial charge < -0.3 is 125 Å². The summed E-state index contributed by atoms with van der Waals surface area (Å²) in [7, 11) is 0. The van der Waals surface area contributed by atoms with Gasteiger partial charge in [-0.15, -0.1) is 0 Å². The molecule has 22 atom stereocenters. The van der Waals surface area contributed by atoms with Gasteiger partial charge in [0, 0.05) is 26.7 Å². The molecule has 0 bridgehead atoms. The van der Waals surface area contributed by atoms with Crippen molar-refractivity contribution in [2.24, 2.45) is 0 Å². The predicted molar refractivity (Wildman–Crippen MR) is 191 cm³/mol. The molecule has 0 aromatic rings. The lowest BCUT2D eigenvalue weighted by Gasteiger charge is -2.48. The van der Waals surface area contributed by atoms with E-state index >= 15 is 0 Å². The molecule has 4 aliphatic rings. The summed E-state index contributed by atoms with van der Waals surface area (Å²) in [5, 5.41) is 171. The Kier molecular flexibility index (Phi) is 18.0. The average Bonchev–Trinajstić information content (AvgIpc) is 3.22. The Hall–Kier alpha value is -2.96. The first-order valence-electron chi connectivity index (χ1n) is 19.3. The van der Waals surface area contributed by atoms with Crippen LogP contribution in [0.5, 0.6) is 0 Å². The molecule has 0 aliphatic carbocycles. The Bertz CT molecular complexity index is 1570. The third-order valence-electron chi connectivity index (χ3n) is 11.0. The van der Waals surface area contributed by atoms with E-state index in [1.165, 1.54) is 0 Å². The van der Waals surface area contributed by atoms with E-state index < -0.39 is 197 Å². The number of aliphatic hydroxyl groups excluding tert-OH is 14. The number of carbonyl (C=O) groups is 4.